The van der Waals surface area contributed by atoms with Crippen LogP contribution < -0.4 is 5.32 Å². The van der Waals surface area contributed by atoms with Crippen molar-refractivity contribution in [2.24, 2.45) is 0 Å². The SMILES string of the molecule is Cc1ccc(C(=O)NCCCc2cnc3ncnn3c2)c(C)c1. The number of nitrogens with one attached hydrogen (secondary N) is 1. The van der Waals surface area contributed by atoms with Crippen LogP contribution in [0.5, 0.6) is 0 Å². The third-order valence-corrected chi connectivity index (χ3v) is 3.74. The molecule has 0 unspecified atom stereocenters. The van der Waals surface area contributed by atoms with Gasteiger partial charge in [0, 0.05) is 24.5 Å². The van der Waals surface area contributed by atoms with Gasteiger partial charge in [0.25, 0.3) is 11.7 Å². The zero-order valence-corrected chi connectivity index (χ0v) is 13.3. The zero-order valence-electron chi connectivity index (χ0n) is 13.3. The number of hydrogen-bond acceptors (Lipinski definition) is 4. The van der Waals surface area contributed by atoms with Crippen molar-refractivity contribution in [3.63, 3.8) is 0 Å². The van der Waals surface area contributed by atoms with Gasteiger partial charge < -0.3 is 5.32 Å². The molecule has 6 heteroatoms. The molecule has 1 amide bonds. The second-order valence-corrected chi connectivity index (χ2v) is 5.64. The number of carbonyl (C=O) groups excluding carboxylic acids is 1. The highest BCUT2D eigenvalue weighted by Crippen LogP contribution is 2.10. The Bertz CT molecular complexity index is 840. The molecular weight excluding hydrogens is 290 g/mol. The highest BCUT2D eigenvalue weighted by molar-refractivity contribution is 5.95. The Morgan fingerprint density at radius 3 is 2.96 bits per heavy atom. The lowest BCUT2D eigenvalue weighted by Crippen LogP contribution is -2.25. The molecule has 0 spiro atoms. The van der Waals surface area contributed by atoms with E-state index in [2.05, 4.69) is 20.4 Å². The zero-order chi connectivity index (χ0) is 16.2. The van der Waals surface area contributed by atoms with Crippen molar-refractivity contribution < 1.29 is 4.79 Å². The van der Waals surface area contributed by atoms with Crippen molar-refractivity contribution in [3.05, 3.63) is 59.2 Å². The van der Waals surface area contributed by atoms with Gasteiger partial charge in [-0.15, -0.1) is 0 Å². The van der Waals surface area contributed by atoms with Crippen LogP contribution in [0.3, 0.4) is 0 Å². The highest BCUT2D eigenvalue weighted by Gasteiger charge is 2.08. The lowest BCUT2D eigenvalue weighted by Gasteiger charge is -2.08. The molecule has 0 aliphatic carbocycles. The number of nitrogens with zero attached hydrogens (tertiary/aromatic N) is 4. The molecular formula is C17H19N5O. The first-order chi connectivity index (χ1) is 11.1. The van der Waals surface area contributed by atoms with Crippen LogP contribution in [-0.2, 0) is 6.42 Å². The molecule has 118 valence electrons. The molecule has 0 atom stereocenters. The molecule has 3 aromatic rings. The van der Waals surface area contributed by atoms with Crippen molar-refractivity contribution in [3.8, 4) is 0 Å². The maximum absolute atomic E-state index is 12.2. The molecule has 0 radical (unpaired) electrons. The van der Waals surface area contributed by atoms with Crippen molar-refractivity contribution in [2.45, 2.75) is 26.7 Å². The van der Waals surface area contributed by atoms with E-state index in [0.29, 0.717) is 12.3 Å². The minimum atomic E-state index is -0.0210. The fourth-order valence-corrected chi connectivity index (χ4v) is 2.55. The third-order valence-electron chi connectivity index (χ3n) is 3.74. The van der Waals surface area contributed by atoms with Gasteiger partial charge in [-0.25, -0.2) is 9.50 Å². The molecule has 0 saturated carbocycles. The van der Waals surface area contributed by atoms with Crippen molar-refractivity contribution in [1.82, 2.24) is 24.9 Å². The van der Waals surface area contributed by atoms with Gasteiger partial charge >= 0.3 is 0 Å². The van der Waals surface area contributed by atoms with Crippen LogP contribution in [0.4, 0.5) is 0 Å². The summed E-state index contributed by atoms with van der Waals surface area (Å²) in [5.74, 6) is 0.573. The number of fused-ring (bicyclic) bond motifs is 1. The second kappa shape index (κ2) is 6.56. The van der Waals surface area contributed by atoms with Gasteiger partial charge in [0.1, 0.15) is 6.33 Å². The fourth-order valence-electron chi connectivity index (χ4n) is 2.55. The number of aryl methyl sites for hydroxylation is 3. The average molecular weight is 309 g/mol. The first-order valence-corrected chi connectivity index (χ1v) is 7.63. The number of aromatic nitrogens is 4. The van der Waals surface area contributed by atoms with Crippen LogP contribution in [0.25, 0.3) is 5.78 Å². The van der Waals surface area contributed by atoms with Crippen LogP contribution in [-0.4, -0.2) is 32.0 Å². The van der Waals surface area contributed by atoms with Crippen LogP contribution >= 0.6 is 0 Å². The number of benzene rings is 1. The first kappa shape index (κ1) is 15.1. The maximum Gasteiger partial charge on any atom is 0.252 e. The standard InChI is InChI=1S/C17H19N5O/c1-12-5-6-15(13(2)8-12)16(23)18-7-3-4-14-9-19-17-20-11-21-22(17)10-14/h5-6,8-11H,3-4,7H2,1-2H3,(H,18,23). The van der Waals surface area contributed by atoms with E-state index in [0.717, 1.165) is 35.1 Å². The Labute approximate surface area is 134 Å². The van der Waals surface area contributed by atoms with Gasteiger partial charge in [-0.1, -0.05) is 17.7 Å². The summed E-state index contributed by atoms with van der Waals surface area (Å²) in [6, 6.07) is 5.86. The molecule has 0 aliphatic rings. The van der Waals surface area contributed by atoms with E-state index >= 15 is 0 Å². The summed E-state index contributed by atoms with van der Waals surface area (Å²) in [6.07, 6.45) is 6.88. The van der Waals surface area contributed by atoms with Crippen molar-refractivity contribution >= 4 is 11.7 Å². The molecule has 0 fully saturated rings. The van der Waals surface area contributed by atoms with Crippen molar-refractivity contribution in [1.29, 1.82) is 0 Å². The van der Waals surface area contributed by atoms with Crippen LogP contribution in [0.1, 0.15) is 33.5 Å². The van der Waals surface area contributed by atoms with E-state index in [-0.39, 0.29) is 5.91 Å². The predicted octanol–water partition coefficient (Wildman–Crippen LogP) is 2.10. The fraction of sp³-hybridized carbons (Fsp3) is 0.294. The average Bonchev–Trinajstić information content (AvgIpc) is 2.99. The molecule has 0 saturated heterocycles. The van der Waals surface area contributed by atoms with E-state index in [1.807, 2.05) is 38.2 Å². The highest BCUT2D eigenvalue weighted by atomic mass is 16.1. The minimum absolute atomic E-state index is 0.0210. The molecule has 2 heterocycles. The van der Waals surface area contributed by atoms with Gasteiger partial charge in [0.2, 0.25) is 0 Å². The molecule has 6 nitrogen and oxygen atoms in total. The van der Waals surface area contributed by atoms with Gasteiger partial charge in [-0.3, -0.25) is 4.79 Å². The Morgan fingerprint density at radius 2 is 2.13 bits per heavy atom. The van der Waals surface area contributed by atoms with Gasteiger partial charge in [-0.2, -0.15) is 10.1 Å². The minimum Gasteiger partial charge on any atom is -0.352 e. The Balaban J connectivity index is 1.51. The summed E-state index contributed by atoms with van der Waals surface area (Å²) in [6.45, 7) is 4.61. The third kappa shape index (κ3) is 3.53. The van der Waals surface area contributed by atoms with Gasteiger partial charge in [0.15, 0.2) is 0 Å². The van der Waals surface area contributed by atoms with E-state index in [4.69, 9.17) is 0 Å². The quantitative estimate of drug-likeness (QED) is 0.733. The second-order valence-electron chi connectivity index (χ2n) is 5.64. The summed E-state index contributed by atoms with van der Waals surface area (Å²) in [5.41, 5.74) is 3.98. The smallest absolute Gasteiger partial charge is 0.252 e. The molecule has 0 aliphatic heterocycles. The lowest BCUT2D eigenvalue weighted by atomic mass is 10.1. The molecule has 1 N–H and O–H groups in total. The number of rotatable bonds is 5. The summed E-state index contributed by atoms with van der Waals surface area (Å²) >= 11 is 0. The van der Waals surface area contributed by atoms with Crippen LogP contribution in [0.15, 0.2) is 36.9 Å². The normalized spacial score (nSPS) is 10.9. The molecule has 1 aromatic carbocycles. The van der Waals surface area contributed by atoms with E-state index < -0.39 is 0 Å². The summed E-state index contributed by atoms with van der Waals surface area (Å²) < 4.78 is 1.66. The molecule has 3 rings (SSSR count). The van der Waals surface area contributed by atoms with E-state index in [9.17, 15) is 4.79 Å². The molecule has 2 aromatic heterocycles. The van der Waals surface area contributed by atoms with Gasteiger partial charge in [-0.05, 0) is 43.9 Å². The largest absolute Gasteiger partial charge is 0.352 e. The monoisotopic (exact) mass is 309 g/mol. The number of amides is 1. The topological polar surface area (TPSA) is 72.2 Å². The van der Waals surface area contributed by atoms with Crippen LogP contribution in [0.2, 0.25) is 0 Å². The number of carbonyl (C=O) groups is 1. The summed E-state index contributed by atoms with van der Waals surface area (Å²) in [7, 11) is 0. The Morgan fingerprint density at radius 1 is 1.26 bits per heavy atom. The first-order valence-electron chi connectivity index (χ1n) is 7.63. The van der Waals surface area contributed by atoms with E-state index in [1.165, 1.54) is 6.33 Å². The number of hydrogen-bond donors (Lipinski definition) is 1. The van der Waals surface area contributed by atoms with Crippen LogP contribution in [0, 0.1) is 13.8 Å². The molecule has 0 bridgehead atoms. The Kier molecular flexibility index (Phi) is 4.32. The van der Waals surface area contributed by atoms with Crippen molar-refractivity contribution in [2.75, 3.05) is 6.54 Å². The maximum atomic E-state index is 12.2. The van der Waals surface area contributed by atoms with Gasteiger partial charge in [0.05, 0.1) is 0 Å². The summed E-state index contributed by atoms with van der Waals surface area (Å²) in [5, 5.41) is 7.03. The molecule has 23 heavy (non-hydrogen) atoms. The van der Waals surface area contributed by atoms with E-state index in [1.54, 1.807) is 10.7 Å². The lowest BCUT2D eigenvalue weighted by molar-refractivity contribution is 0.0952. The summed E-state index contributed by atoms with van der Waals surface area (Å²) in [4.78, 5) is 20.4. The Hall–Kier alpha value is -2.76. The predicted molar refractivity (Wildman–Crippen MR) is 87.4 cm³/mol.